The lowest BCUT2D eigenvalue weighted by molar-refractivity contribution is -0.130. The number of thiophene rings is 1. The zero-order valence-electron chi connectivity index (χ0n) is 13.7. The Hall–Kier alpha value is -0.910. The molecule has 1 aliphatic heterocycles. The van der Waals surface area contributed by atoms with Crippen molar-refractivity contribution in [2.24, 2.45) is 17.6 Å². The number of carbonyl (C=O) groups is 2. The molecule has 128 valence electrons. The third-order valence-electron chi connectivity index (χ3n) is 5.17. The second-order valence-electron chi connectivity index (χ2n) is 6.71. The number of ketones is 1. The number of fused-ring (bicyclic) bond motifs is 1. The minimum Gasteiger partial charge on any atom is -0.342 e. The van der Waals surface area contributed by atoms with E-state index in [1.54, 1.807) is 11.3 Å². The minimum absolute atomic E-state index is 0. The highest BCUT2D eigenvalue weighted by Crippen LogP contribution is 2.37. The maximum Gasteiger partial charge on any atom is 0.223 e. The molecule has 2 fully saturated rings. The van der Waals surface area contributed by atoms with Gasteiger partial charge in [-0.05, 0) is 44.6 Å². The van der Waals surface area contributed by atoms with Crippen molar-refractivity contribution < 1.29 is 9.59 Å². The van der Waals surface area contributed by atoms with E-state index in [0.29, 0.717) is 24.7 Å². The van der Waals surface area contributed by atoms with Crippen LogP contribution in [-0.4, -0.2) is 35.7 Å². The van der Waals surface area contributed by atoms with Gasteiger partial charge in [0.15, 0.2) is 5.78 Å². The van der Waals surface area contributed by atoms with E-state index in [4.69, 9.17) is 5.73 Å². The third-order valence-corrected chi connectivity index (χ3v) is 6.14. The lowest BCUT2D eigenvalue weighted by Crippen LogP contribution is -2.33. The molecule has 6 heteroatoms. The van der Waals surface area contributed by atoms with Crippen LogP contribution >= 0.6 is 23.7 Å². The first-order valence-electron chi connectivity index (χ1n) is 8.09. The van der Waals surface area contributed by atoms with Crippen molar-refractivity contribution in [3.05, 3.63) is 21.4 Å². The summed E-state index contributed by atoms with van der Waals surface area (Å²) in [6, 6.07) is 2.19. The van der Waals surface area contributed by atoms with Gasteiger partial charge in [-0.2, -0.15) is 0 Å². The van der Waals surface area contributed by atoms with Gasteiger partial charge >= 0.3 is 0 Å². The fourth-order valence-electron chi connectivity index (χ4n) is 3.93. The number of hydrogen-bond donors (Lipinski definition) is 1. The summed E-state index contributed by atoms with van der Waals surface area (Å²) in [5, 5.41) is 0. The number of aryl methyl sites for hydroxylation is 2. The average Bonchev–Trinajstić information content (AvgIpc) is 3.13. The van der Waals surface area contributed by atoms with E-state index in [0.717, 1.165) is 41.2 Å². The van der Waals surface area contributed by atoms with Gasteiger partial charge in [-0.15, -0.1) is 23.7 Å². The Bertz CT molecular complexity index is 601. The second kappa shape index (κ2) is 7.32. The molecule has 2 aliphatic rings. The molecule has 0 aromatic carbocycles. The minimum atomic E-state index is 0. The summed E-state index contributed by atoms with van der Waals surface area (Å²) in [7, 11) is 0. The highest BCUT2D eigenvalue weighted by molar-refractivity contribution is 7.12. The molecule has 1 aromatic rings. The molecule has 3 unspecified atom stereocenters. The van der Waals surface area contributed by atoms with Crippen LogP contribution in [0.25, 0.3) is 0 Å². The molecule has 1 saturated carbocycles. The monoisotopic (exact) mass is 356 g/mol. The van der Waals surface area contributed by atoms with Crippen molar-refractivity contribution in [3.63, 3.8) is 0 Å². The number of likely N-dealkylation sites (tertiary alicyclic amines) is 1. The lowest BCUT2D eigenvalue weighted by Gasteiger charge is -2.18. The molecule has 0 radical (unpaired) electrons. The molecule has 4 nitrogen and oxygen atoms in total. The van der Waals surface area contributed by atoms with E-state index >= 15 is 0 Å². The van der Waals surface area contributed by atoms with Gasteiger partial charge in [0.25, 0.3) is 0 Å². The van der Waals surface area contributed by atoms with Crippen LogP contribution in [0.4, 0.5) is 0 Å². The molecule has 3 atom stereocenters. The van der Waals surface area contributed by atoms with Gasteiger partial charge in [0.2, 0.25) is 5.91 Å². The number of amides is 1. The van der Waals surface area contributed by atoms with Crippen LogP contribution in [-0.2, 0) is 4.79 Å². The molecule has 1 aliphatic carbocycles. The Labute approximate surface area is 147 Å². The Kier molecular flexibility index (Phi) is 5.87. The third kappa shape index (κ3) is 3.78. The molecular formula is C17H25ClN2O2S. The van der Waals surface area contributed by atoms with E-state index < -0.39 is 0 Å². The molecule has 3 rings (SSSR count). The molecule has 1 saturated heterocycles. The zero-order valence-corrected chi connectivity index (χ0v) is 15.3. The van der Waals surface area contributed by atoms with Gasteiger partial charge < -0.3 is 10.6 Å². The van der Waals surface area contributed by atoms with Crippen molar-refractivity contribution in [2.45, 2.75) is 45.6 Å². The Morgan fingerprint density at radius 2 is 2.00 bits per heavy atom. The first-order chi connectivity index (χ1) is 10.5. The van der Waals surface area contributed by atoms with Gasteiger partial charge in [-0.1, -0.05) is 0 Å². The van der Waals surface area contributed by atoms with Crippen molar-refractivity contribution in [3.8, 4) is 0 Å². The normalized spacial score (nSPS) is 26.0. The highest BCUT2D eigenvalue weighted by Gasteiger charge is 2.42. The number of carbonyl (C=O) groups excluding carboxylic acids is 2. The number of nitrogens with zero attached hydrogens (tertiary/aromatic N) is 1. The first-order valence-corrected chi connectivity index (χ1v) is 8.91. The lowest BCUT2D eigenvalue weighted by atomic mass is 9.98. The van der Waals surface area contributed by atoms with Crippen molar-refractivity contribution in [1.82, 2.24) is 4.90 Å². The molecule has 1 amide bonds. The van der Waals surface area contributed by atoms with Crippen LogP contribution in [0.2, 0.25) is 0 Å². The number of halogens is 1. The molecule has 2 N–H and O–H groups in total. The topological polar surface area (TPSA) is 63.4 Å². The van der Waals surface area contributed by atoms with Crippen molar-refractivity contribution in [2.75, 3.05) is 13.1 Å². The van der Waals surface area contributed by atoms with Crippen LogP contribution in [0, 0.1) is 25.7 Å². The summed E-state index contributed by atoms with van der Waals surface area (Å²) >= 11 is 1.64. The highest BCUT2D eigenvalue weighted by atomic mass is 35.5. The summed E-state index contributed by atoms with van der Waals surface area (Å²) < 4.78 is 0. The quantitative estimate of drug-likeness (QED) is 0.843. The summed E-state index contributed by atoms with van der Waals surface area (Å²) in [5.41, 5.74) is 6.90. The van der Waals surface area contributed by atoms with Crippen LogP contribution in [0.5, 0.6) is 0 Å². The molecule has 23 heavy (non-hydrogen) atoms. The van der Waals surface area contributed by atoms with Crippen molar-refractivity contribution >= 4 is 35.4 Å². The fraction of sp³-hybridized carbons (Fsp3) is 0.647. The van der Waals surface area contributed by atoms with Gasteiger partial charge in [0, 0.05) is 47.3 Å². The molecule has 0 bridgehead atoms. The molecule has 2 heterocycles. The summed E-state index contributed by atoms with van der Waals surface area (Å²) in [6.07, 6.45) is 2.87. The molecule has 0 spiro atoms. The summed E-state index contributed by atoms with van der Waals surface area (Å²) in [5.74, 6) is 1.25. The Morgan fingerprint density at radius 1 is 1.26 bits per heavy atom. The van der Waals surface area contributed by atoms with Crippen LogP contribution in [0.1, 0.15) is 45.8 Å². The predicted octanol–water partition coefficient (Wildman–Crippen LogP) is 2.95. The summed E-state index contributed by atoms with van der Waals surface area (Å²) in [6.45, 7) is 5.60. The van der Waals surface area contributed by atoms with Crippen LogP contribution < -0.4 is 5.73 Å². The SMILES string of the molecule is Cc1cc(C(=O)CCC(=O)N2CC3CCC(N)C3C2)c(C)s1.Cl. The summed E-state index contributed by atoms with van der Waals surface area (Å²) in [4.78, 5) is 28.7. The maximum atomic E-state index is 12.3. The molecule has 1 aromatic heterocycles. The average molecular weight is 357 g/mol. The largest absolute Gasteiger partial charge is 0.342 e. The maximum absolute atomic E-state index is 12.3. The van der Waals surface area contributed by atoms with E-state index in [9.17, 15) is 9.59 Å². The van der Waals surface area contributed by atoms with Gasteiger partial charge in [0.05, 0.1) is 0 Å². The van der Waals surface area contributed by atoms with E-state index in [2.05, 4.69) is 0 Å². The van der Waals surface area contributed by atoms with Crippen LogP contribution in [0.3, 0.4) is 0 Å². The van der Waals surface area contributed by atoms with Crippen molar-refractivity contribution in [1.29, 1.82) is 0 Å². The van der Waals surface area contributed by atoms with E-state index in [1.807, 2.05) is 24.8 Å². The first kappa shape index (κ1) is 18.4. The second-order valence-corrected chi connectivity index (χ2v) is 8.17. The number of Topliss-reactive ketones (excluding diaryl/α,β-unsaturated/α-hetero) is 1. The number of hydrogen-bond acceptors (Lipinski definition) is 4. The van der Waals surface area contributed by atoms with E-state index in [-0.39, 0.29) is 30.1 Å². The van der Waals surface area contributed by atoms with Gasteiger partial charge in [-0.3, -0.25) is 9.59 Å². The van der Waals surface area contributed by atoms with Crippen LogP contribution in [0.15, 0.2) is 6.07 Å². The predicted molar refractivity (Wildman–Crippen MR) is 95.4 cm³/mol. The standard InChI is InChI=1S/C17H24N2O2S.ClH/c1-10-7-13(11(2)22-10)16(20)5-6-17(21)19-8-12-3-4-15(18)14(12)9-19;/h7,12,14-15H,3-6,8-9,18H2,1-2H3;1H. The number of rotatable bonds is 4. The Balaban J connectivity index is 0.00000192. The number of nitrogens with two attached hydrogens (primary N) is 1. The van der Waals surface area contributed by atoms with Gasteiger partial charge in [-0.25, -0.2) is 0 Å². The zero-order chi connectivity index (χ0) is 15.9. The van der Waals surface area contributed by atoms with E-state index in [1.165, 1.54) is 0 Å². The fourth-order valence-corrected chi connectivity index (χ4v) is 4.87. The molecular weight excluding hydrogens is 332 g/mol. The smallest absolute Gasteiger partial charge is 0.223 e. The Morgan fingerprint density at radius 3 is 2.61 bits per heavy atom. The van der Waals surface area contributed by atoms with Gasteiger partial charge in [0.1, 0.15) is 0 Å².